The number of carbonyl (C=O) groups excluding carboxylic acids is 1. The summed E-state index contributed by atoms with van der Waals surface area (Å²) in [4.78, 5) is 24.0. The smallest absolute Gasteiger partial charge is 0.251 e. The first-order valence-corrected chi connectivity index (χ1v) is 14.8. The van der Waals surface area contributed by atoms with Crippen LogP contribution in [0.15, 0.2) is 47.5 Å². The van der Waals surface area contributed by atoms with Crippen LogP contribution >= 0.6 is 0 Å². The second-order valence-electron chi connectivity index (χ2n) is 9.88. The number of sulfone groups is 1. The van der Waals surface area contributed by atoms with Gasteiger partial charge in [0.25, 0.3) is 5.91 Å². The Kier molecular flexibility index (Phi) is 7.52. The van der Waals surface area contributed by atoms with Gasteiger partial charge in [-0.3, -0.25) is 9.69 Å². The number of fused-ring (bicyclic) bond motifs is 3. The van der Waals surface area contributed by atoms with E-state index in [2.05, 4.69) is 26.3 Å². The molecule has 1 aliphatic rings. The van der Waals surface area contributed by atoms with Crippen LogP contribution < -0.4 is 5.32 Å². The summed E-state index contributed by atoms with van der Waals surface area (Å²) < 4.78 is 30.7. The van der Waals surface area contributed by atoms with Crippen molar-refractivity contribution in [1.29, 1.82) is 0 Å². The zero-order chi connectivity index (χ0) is 26.9. The number of ether oxygens (including phenoxy) is 1. The van der Waals surface area contributed by atoms with Gasteiger partial charge < -0.3 is 15.0 Å². The number of benzene rings is 2. The molecule has 2 aromatic heterocycles. The Labute approximate surface area is 223 Å². The molecule has 200 valence electrons. The van der Waals surface area contributed by atoms with Crippen molar-refractivity contribution in [3.8, 4) is 11.1 Å². The van der Waals surface area contributed by atoms with Crippen LogP contribution in [0.3, 0.4) is 0 Å². The number of nitrogens with one attached hydrogen (secondary N) is 2. The van der Waals surface area contributed by atoms with E-state index in [4.69, 9.17) is 4.74 Å². The van der Waals surface area contributed by atoms with Crippen molar-refractivity contribution in [3.63, 3.8) is 0 Å². The molecule has 4 aromatic rings. The van der Waals surface area contributed by atoms with Gasteiger partial charge in [-0.15, -0.1) is 0 Å². The molecule has 0 atom stereocenters. The molecule has 1 saturated heterocycles. The third-order valence-corrected chi connectivity index (χ3v) is 9.03. The maximum absolute atomic E-state index is 13.4. The van der Waals surface area contributed by atoms with E-state index in [1.807, 2.05) is 32.2 Å². The van der Waals surface area contributed by atoms with Gasteiger partial charge >= 0.3 is 0 Å². The third-order valence-electron chi connectivity index (χ3n) is 7.29. The van der Waals surface area contributed by atoms with Crippen LogP contribution in [0.1, 0.15) is 34.8 Å². The standard InChI is InChI=1S/C29H34N4O4S/c1-4-38(35,36)22-8-5-7-21(16-22)24-17-23(29(34)30-9-6-10-33-11-13-37-14-12-33)20(3)27-26(24)25-15-19(2)18-31-28(25)32-27/h5,7-8,15-18H,4,6,9-14H2,1-3H3,(H,30,34)(H,31,32). The quantitative estimate of drug-likeness (QED) is 0.328. The van der Waals surface area contributed by atoms with Crippen LogP contribution in [-0.2, 0) is 14.6 Å². The van der Waals surface area contributed by atoms with Gasteiger partial charge in [0.05, 0.1) is 29.4 Å². The molecular formula is C29H34N4O4S. The van der Waals surface area contributed by atoms with Crippen molar-refractivity contribution in [3.05, 3.63) is 59.3 Å². The summed E-state index contributed by atoms with van der Waals surface area (Å²) in [7, 11) is -3.39. The van der Waals surface area contributed by atoms with Crippen LogP contribution in [-0.4, -0.2) is 74.3 Å². The summed E-state index contributed by atoms with van der Waals surface area (Å²) in [5, 5.41) is 4.97. The molecule has 0 spiro atoms. The number of nitrogens with zero attached hydrogens (tertiary/aromatic N) is 2. The van der Waals surface area contributed by atoms with Gasteiger partial charge in [-0.2, -0.15) is 0 Å². The molecule has 3 heterocycles. The molecule has 1 aliphatic heterocycles. The number of morpholine rings is 1. The van der Waals surface area contributed by atoms with Crippen LogP contribution in [0.25, 0.3) is 33.1 Å². The maximum Gasteiger partial charge on any atom is 0.251 e. The van der Waals surface area contributed by atoms with Crippen molar-refractivity contribution in [2.45, 2.75) is 32.1 Å². The number of amides is 1. The van der Waals surface area contributed by atoms with E-state index in [0.29, 0.717) is 12.1 Å². The Hall–Kier alpha value is -3.27. The lowest BCUT2D eigenvalue weighted by Gasteiger charge is -2.26. The molecule has 0 saturated carbocycles. The molecule has 0 aliphatic carbocycles. The minimum atomic E-state index is -3.39. The number of hydrogen-bond acceptors (Lipinski definition) is 6. The summed E-state index contributed by atoms with van der Waals surface area (Å²) in [6.45, 7) is 10.4. The van der Waals surface area contributed by atoms with E-state index < -0.39 is 9.84 Å². The number of hydrogen-bond donors (Lipinski definition) is 2. The fourth-order valence-electron chi connectivity index (χ4n) is 5.11. The predicted octanol–water partition coefficient (Wildman–Crippen LogP) is 4.25. The number of rotatable bonds is 8. The molecular weight excluding hydrogens is 500 g/mol. The summed E-state index contributed by atoms with van der Waals surface area (Å²) in [6, 6.07) is 10.9. The van der Waals surface area contributed by atoms with Crippen LogP contribution in [0.5, 0.6) is 0 Å². The van der Waals surface area contributed by atoms with Gasteiger partial charge in [0.1, 0.15) is 5.65 Å². The van der Waals surface area contributed by atoms with E-state index in [-0.39, 0.29) is 16.6 Å². The first-order valence-electron chi connectivity index (χ1n) is 13.1. The number of carbonyl (C=O) groups is 1. The highest BCUT2D eigenvalue weighted by Gasteiger charge is 2.21. The molecule has 2 N–H and O–H groups in total. The van der Waals surface area contributed by atoms with Gasteiger partial charge in [-0.05, 0) is 73.3 Å². The fourth-order valence-corrected chi connectivity index (χ4v) is 6.03. The van der Waals surface area contributed by atoms with E-state index in [0.717, 1.165) is 83.5 Å². The van der Waals surface area contributed by atoms with Gasteiger partial charge in [0, 0.05) is 42.2 Å². The predicted molar refractivity (Wildman–Crippen MR) is 150 cm³/mol. The van der Waals surface area contributed by atoms with E-state index in [1.165, 1.54) is 0 Å². The highest BCUT2D eigenvalue weighted by atomic mass is 32.2. The van der Waals surface area contributed by atoms with Crippen molar-refractivity contribution in [2.75, 3.05) is 45.1 Å². The zero-order valence-electron chi connectivity index (χ0n) is 22.1. The Morgan fingerprint density at radius 2 is 1.95 bits per heavy atom. The van der Waals surface area contributed by atoms with Gasteiger partial charge in [0.2, 0.25) is 0 Å². The number of aromatic amines is 1. The van der Waals surface area contributed by atoms with Crippen LogP contribution in [0, 0.1) is 13.8 Å². The summed E-state index contributed by atoms with van der Waals surface area (Å²) >= 11 is 0. The van der Waals surface area contributed by atoms with E-state index >= 15 is 0 Å². The van der Waals surface area contributed by atoms with Crippen molar-refractivity contribution in [2.24, 2.45) is 0 Å². The molecule has 0 radical (unpaired) electrons. The molecule has 38 heavy (non-hydrogen) atoms. The van der Waals surface area contributed by atoms with Crippen molar-refractivity contribution in [1.82, 2.24) is 20.2 Å². The average Bonchev–Trinajstić information content (AvgIpc) is 3.31. The zero-order valence-corrected chi connectivity index (χ0v) is 23.0. The van der Waals surface area contributed by atoms with Crippen LogP contribution in [0.4, 0.5) is 0 Å². The van der Waals surface area contributed by atoms with Crippen LogP contribution in [0.2, 0.25) is 0 Å². The number of aromatic nitrogens is 2. The van der Waals surface area contributed by atoms with Gasteiger partial charge in [0.15, 0.2) is 9.84 Å². The minimum Gasteiger partial charge on any atom is -0.379 e. The molecule has 1 amide bonds. The summed E-state index contributed by atoms with van der Waals surface area (Å²) in [5.41, 5.74) is 5.53. The van der Waals surface area contributed by atoms with Gasteiger partial charge in [-0.1, -0.05) is 19.1 Å². The maximum atomic E-state index is 13.4. The molecule has 8 nitrogen and oxygen atoms in total. The van der Waals surface area contributed by atoms with Gasteiger partial charge in [-0.25, -0.2) is 13.4 Å². The monoisotopic (exact) mass is 534 g/mol. The molecule has 0 unspecified atom stereocenters. The van der Waals surface area contributed by atoms with Crippen molar-refractivity contribution >= 4 is 37.7 Å². The highest BCUT2D eigenvalue weighted by Crippen LogP contribution is 2.38. The normalized spacial score (nSPS) is 14.8. The molecule has 0 bridgehead atoms. The van der Waals surface area contributed by atoms with E-state index in [1.54, 1.807) is 25.1 Å². The second-order valence-corrected chi connectivity index (χ2v) is 12.2. The minimum absolute atomic E-state index is 0.0219. The molecule has 1 fully saturated rings. The lowest BCUT2D eigenvalue weighted by molar-refractivity contribution is 0.0374. The lowest BCUT2D eigenvalue weighted by Crippen LogP contribution is -2.38. The molecule has 9 heteroatoms. The molecule has 5 rings (SSSR count). The number of pyridine rings is 1. The SMILES string of the molecule is CCS(=O)(=O)c1cccc(-c2cc(C(=O)NCCCN3CCOCC3)c(C)c3[nH]c4ncc(C)cc4c23)c1. The topological polar surface area (TPSA) is 104 Å². The molecule has 2 aromatic carbocycles. The Morgan fingerprint density at radius 1 is 1.16 bits per heavy atom. The Balaban J connectivity index is 1.55. The first kappa shape index (κ1) is 26.3. The first-order chi connectivity index (χ1) is 18.3. The lowest BCUT2D eigenvalue weighted by atomic mass is 9.93. The fraction of sp³-hybridized carbons (Fsp3) is 0.379. The largest absolute Gasteiger partial charge is 0.379 e. The second kappa shape index (κ2) is 10.8. The number of aryl methyl sites for hydroxylation is 2. The average molecular weight is 535 g/mol. The highest BCUT2D eigenvalue weighted by molar-refractivity contribution is 7.91. The Morgan fingerprint density at radius 3 is 2.71 bits per heavy atom. The number of H-pyrrole nitrogens is 1. The van der Waals surface area contributed by atoms with Crippen molar-refractivity contribution < 1.29 is 17.9 Å². The van der Waals surface area contributed by atoms with E-state index in [9.17, 15) is 13.2 Å². The Bertz CT molecular complexity index is 1600. The summed E-state index contributed by atoms with van der Waals surface area (Å²) in [5.74, 6) is -0.124. The third kappa shape index (κ3) is 5.18. The summed E-state index contributed by atoms with van der Waals surface area (Å²) in [6.07, 6.45) is 2.66.